The van der Waals surface area contributed by atoms with Crippen LogP contribution in [0, 0.1) is 0 Å². The fraction of sp³-hybridized carbons (Fsp3) is 0.538. The third-order valence-corrected chi connectivity index (χ3v) is 3.50. The van der Waals surface area contributed by atoms with Gasteiger partial charge in [-0.2, -0.15) is 0 Å². The molecular weight excluding hydrogens is 202 g/mol. The van der Waals surface area contributed by atoms with E-state index in [0.717, 1.165) is 37.1 Å². The Morgan fingerprint density at radius 3 is 2.50 bits per heavy atom. The normalized spacial score (nSPS) is 20.9. The van der Waals surface area contributed by atoms with Crippen LogP contribution in [0.15, 0.2) is 24.3 Å². The van der Waals surface area contributed by atoms with Crippen molar-refractivity contribution in [2.24, 2.45) is 0 Å². The van der Waals surface area contributed by atoms with Crippen LogP contribution < -0.4 is 0 Å². The van der Waals surface area contributed by atoms with E-state index < -0.39 is 5.60 Å². The van der Waals surface area contributed by atoms with Gasteiger partial charge in [-0.15, -0.1) is 0 Å². The molecule has 1 aliphatic rings. The van der Waals surface area contributed by atoms with Crippen LogP contribution in [-0.4, -0.2) is 35.3 Å². The Hall–Kier alpha value is -0.900. The van der Waals surface area contributed by atoms with Crippen LogP contribution in [0.5, 0.6) is 0 Å². The monoisotopic (exact) mass is 221 g/mol. The number of aliphatic hydroxyl groups is 2. The van der Waals surface area contributed by atoms with E-state index in [-0.39, 0.29) is 6.61 Å². The predicted molar refractivity (Wildman–Crippen MR) is 63.0 cm³/mol. The van der Waals surface area contributed by atoms with Gasteiger partial charge in [-0.1, -0.05) is 24.3 Å². The highest BCUT2D eigenvalue weighted by Crippen LogP contribution is 2.34. The predicted octanol–water partition coefficient (Wildman–Crippen LogP) is 1.09. The van der Waals surface area contributed by atoms with Crippen LogP contribution in [-0.2, 0) is 12.2 Å². The van der Waals surface area contributed by atoms with E-state index in [0.29, 0.717) is 0 Å². The van der Waals surface area contributed by atoms with E-state index in [9.17, 15) is 10.2 Å². The summed E-state index contributed by atoms with van der Waals surface area (Å²) >= 11 is 0. The molecule has 0 spiro atoms. The van der Waals surface area contributed by atoms with Crippen molar-refractivity contribution in [2.45, 2.75) is 25.0 Å². The summed E-state index contributed by atoms with van der Waals surface area (Å²) in [6.07, 6.45) is 1.47. The van der Waals surface area contributed by atoms with Crippen molar-refractivity contribution < 1.29 is 10.2 Å². The van der Waals surface area contributed by atoms with Crippen molar-refractivity contribution in [3.05, 3.63) is 35.4 Å². The number of nitrogens with zero attached hydrogens (tertiary/aromatic N) is 1. The Morgan fingerprint density at radius 1 is 1.25 bits per heavy atom. The number of hydrogen-bond donors (Lipinski definition) is 2. The summed E-state index contributed by atoms with van der Waals surface area (Å²) in [5, 5.41) is 19.9. The van der Waals surface area contributed by atoms with Gasteiger partial charge in [0.15, 0.2) is 0 Å². The van der Waals surface area contributed by atoms with Crippen molar-refractivity contribution in [2.75, 3.05) is 20.1 Å². The van der Waals surface area contributed by atoms with Gasteiger partial charge in [0, 0.05) is 13.1 Å². The van der Waals surface area contributed by atoms with Crippen LogP contribution in [0.25, 0.3) is 0 Å². The van der Waals surface area contributed by atoms with Crippen molar-refractivity contribution in [1.82, 2.24) is 4.90 Å². The molecule has 1 aromatic rings. The number of hydrogen-bond acceptors (Lipinski definition) is 3. The average Bonchev–Trinajstić information content (AvgIpc) is 2.33. The van der Waals surface area contributed by atoms with Gasteiger partial charge >= 0.3 is 0 Å². The standard InChI is InChI=1S/C13H19NO2/c1-14-8-6-13(16,7-9-14)12-5-3-2-4-11(12)10-15/h2-5,15-16H,6-10H2,1H3. The fourth-order valence-corrected chi connectivity index (χ4v) is 2.37. The van der Waals surface area contributed by atoms with Gasteiger partial charge < -0.3 is 15.1 Å². The molecule has 1 aromatic carbocycles. The van der Waals surface area contributed by atoms with E-state index in [1.807, 2.05) is 24.3 Å². The largest absolute Gasteiger partial charge is 0.392 e. The molecule has 0 aromatic heterocycles. The van der Waals surface area contributed by atoms with Gasteiger partial charge in [-0.05, 0) is 31.0 Å². The minimum Gasteiger partial charge on any atom is -0.392 e. The van der Waals surface area contributed by atoms with Gasteiger partial charge in [0.1, 0.15) is 0 Å². The Kier molecular flexibility index (Phi) is 3.28. The summed E-state index contributed by atoms with van der Waals surface area (Å²) < 4.78 is 0. The molecule has 0 saturated carbocycles. The Labute approximate surface area is 96.3 Å². The molecule has 3 nitrogen and oxygen atoms in total. The molecule has 16 heavy (non-hydrogen) atoms. The second-order valence-electron chi connectivity index (χ2n) is 4.65. The summed E-state index contributed by atoms with van der Waals surface area (Å²) in [6, 6.07) is 7.63. The SMILES string of the molecule is CN1CCC(O)(c2ccccc2CO)CC1. The first-order valence-corrected chi connectivity index (χ1v) is 5.76. The van der Waals surface area contributed by atoms with Crippen molar-refractivity contribution in [1.29, 1.82) is 0 Å². The van der Waals surface area contributed by atoms with E-state index in [4.69, 9.17) is 0 Å². The Morgan fingerprint density at radius 2 is 1.88 bits per heavy atom. The maximum absolute atomic E-state index is 10.6. The highest BCUT2D eigenvalue weighted by molar-refractivity contribution is 5.32. The minimum absolute atomic E-state index is 0.00563. The smallest absolute Gasteiger partial charge is 0.0924 e. The molecule has 0 amide bonds. The van der Waals surface area contributed by atoms with Crippen LogP contribution in [0.4, 0.5) is 0 Å². The fourth-order valence-electron chi connectivity index (χ4n) is 2.37. The lowest BCUT2D eigenvalue weighted by Gasteiger charge is -2.37. The third kappa shape index (κ3) is 2.12. The Balaban J connectivity index is 2.28. The zero-order chi connectivity index (χ0) is 11.6. The van der Waals surface area contributed by atoms with E-state index in [1.54, 1.807) is 0 Å². The molecule has 2 rings (SSSR count). The first-order chi connectivity index (χ1) is 7.65. The summed E-state index contributed by atoms with van der Waals surface area (Å²) in [5.41, 5.74) is 0.978. The maximum atomic E-state index is 10.6. The van der Waals surface area contributed by atoms with Crippen molar-refractivity contribution >= 4 is 0 Å². The number of likely N-dealkylation sites (tertiary alicyclic amines) is 1. The summed E-state index contributed by atoms with van der Waals surface area (Å²) in [6.45, 7) is 1.79. The highest BCUT2D eigenvalue weighted by atomic mass is 16.3. The molecule has 0 radical (unpaired) electrons. The number of piperidine rings is 1. The topological polar surface area (TPSA) is 43.7 Å². The van der Waals surface area contributed by atoms with Gasteiger partial charge in [-0.3, -0.25) is 0 Å². The molecule has 3 heteroatoms. The van der Waals surface area contributed by atoms with Gasteiger partial charge in [0.05, 0.1) is 12.2 Å². The molecule has 0 atom stereocenters. The van der Waals surface area contributed by atoms with Crippen LogP contribution >= 0.6 is 0 Å². The van der Waals surface area contributed by atoms with Gasteiger partial charge in [-0.25, -0.2) is 0 Å². The van der Waals surface area contributed by atoms with E-state index >= 15 is 0 Å². The number of aliphatic hydroxyl groups excluding tert-OH is 1. The molecule has 88 valence electrons. The van der Waals surface area contributed by atoms with Crippen molar-refractivity contribution in [3.8, 4) is 0 Å². The quantitative estimate of drug-likeness (QED) is 0.785. The lowest BCUT2D eigenvalue weighted by atomic mass is 9.82. The highest BCUT2D eigenvalue weighted by Gasteiger charge is 2.34. The summed E-state index contributed by atoms with van der Waals surface area (Å²) in [5.74, 6) is 0. The molecule has 1 fully saturated rings. The Bertz CT molecular complexity index is 357. The average molecular weight is 221 g/mol. The van der Waals surface area contributed by atoms with Gasteiger partial charge in [0.2, 0.25) is 0 Å². The van der Waals surface area contributed by atoms with Crippen molar-refractivity contribution in [3.63, 3.8) is 0 Å². The first kappa shape index (κ1) is 11.6. The second kappa shape index (κ2) is 4.53. The molecule has 1 aliphatic heterocycles. The molecule has 1 heterocycles. The minimum atomic E-state index is -0.758. The first-order valence-electron chi connectivity index (χ1n) is 5.76. The second-order valence-corrected chi connectivity index (χ2v) is 4.65. The maximum Gasteiger partial charge on any atom is 0.0924 e. The number of rotatable bonds is 2. The summed E-state index contributed by atoms with van der Waals surface area (Å²) in [7, 11) is 2.07. The lowest BCUT2D eigenvalue weighted by molar-refractivity contribution is -0.0217. The molecule has 2 N–H and O–H groups in total. The lowest BCUT2D eigenvalue weighted by Crippen LogP contribution is -2.41. The molecule has 1 saturated heterocycles. The van der Waals surface area contributed by atoms with Gasteiger partial charge in [0.25, 0.3) is 0 Å². The van der Waals surface area contributed by atoms with Crippen LogP contribution in [0.2, 0.25) is 0 Å². The van der Waals surface area contributed by atoms with Crippen LogP contribution in [0.1, 0.15) is 24.0 Å². The van der Waals surface area contributed by atoms with Crippen LogP contribution in [0.3, 0.4) is 0 Å². The molecule has 0 unspecified atom stereocenters. The molecular formula is C13H19NO2. The third-order valence-electron chi connectivity index (χ3n) is 3.50. The molecule has 0 aliphatic carbocycles. The van der Waals surface area contributed by atoms with E-state index in [2.05, 4.69) is 11.9 Å². The van der Waals surface area contributed by atoms with E-state index in [1.165, 1.54) is 0 Å². The molecule has 0 bridgehead atoms. The zero-order valence-corrected chi connectivity index (χ0v) is 9.69. The summed E-state index contributed by atoms with van der Waals surface area (Å²) in [4.78, 5) is 2.22. The number of benzene rings is 1. The zero-order valence-electron chi connectivity index (χ0n) is 9.69.